The van der Waals surface area contributed by atoms with Crippen LogP contribution in [-0.4, -0.2) is 63.5 Å². The van der Waals surface area contributed by atoms with E-state index in [1.54, 1.807) is 29.9 Å². The number of pyridine rings is 2. The minimum atomic E-state index is -2.98. The van der Waals surface area contributed by atoms with Crippen molar-refractivity contribution >= 4 is 37.7 Å². The summed E-state index contributed by atoms with van der Waals surface area (Å²) >= 11 is 0. The predicted octanol–water partition coefficient (Wildman–Crippen LogP) is 4.46. The predicted molar refractivity (Wildman–Crippen MR) is 160 cm³/mol. The summed E-state index contributed by atoms with van der Waals surface area (Å²) in [6, 6.07) is 18.5. The number of rotatable bonds is 6. The largest absolute Gasteiger partial charge is 0.478 e. The number of aromatic nitrogens is 3. The van der Waals surface area contributed by atoms with Crippen molar-refractivity contribution in [2.24, 2.45) is 7.05 Å². The van der Waals surface area contributed by atoms with Crippen LogP contribution in [0.1, 0.15) is 28.8 Å². The fourth-order valence-corrected chi connectivity index (χ4v) is 6.76. The van der Waals surface area contributed by atoms with Crippen molar-refractivity contribution in [3.63, 3.8) is 0 Å². The number of hydrogen-bond donors (Lipinski definition) is 2. The van der Waals surface area contributed by atoms with E-state index in [4.69, 9.17) is 0 Å². The van der Waals surface area contributed by atoms with Crippen molar-refractivity contribution in [2.45, 2.75) is 24.6 Å². The van der Waals surface area contributed by atoms with E-state index in [0.717, 1.165) is 41.7 Å². The summed E-state index contributed by atoms with van der Waals surface area (Å²) in [6.07, 6.45) is 4.37. The molecule has 4 heterocycles. The molecule has 0 bridgehead atoms. The Kier molecular flexibility index (Phi) is 6.75. The average molecular weight is 571 g/mol. The fourth-order valence-electron chi connectivity index (χ4n) is 5.70. The number of nitrogens with one attached hydrogen (secondary N) is 1. The molecule has 6 rings (SSSR count). The van der Waals surface area contributed by atoms with E-state index in [0.29, 0.717) is 35.1 Å². The third-order valence-corrected chi connectivity index (χ3v) is 9.80. The zero-order valence-corrected chi connectivity index (χ0v) is 23.6. The Morgan fingerprint density at radius 1 is 1.00 bits per heavy atom. The topological polar surface area (TPSA) is 125 Å². The highest BCUT2D eigenvalue weighted by atomic mass is 32.2. The number of aryl methyl sites for hydroxylation is 1. The molecule has 0 aliphatic carbocycles. The Morgan fingerprint density at radius 3 is 2.29 bits per heavy atom. The minimum Gasteiger partial charge on any atom is -0.478 e. The number of hydrogen-bond acceptors (Lipinski definition) is 6. The number of sulfone groups is 1. The quantitative estimate of drug-likeness (QED) is 0.309. The van der Waals surface area contributed by atoms with Gasteiger partial charge < -0.3 is 14.7 Å². The molecule has 0 amide bonds. The maximum absolute atomic E-state index is 13.2. The summed E-state index contributed by atoms with van der Waals surface area (Å²) in [5.41, 5.74) is 5.59. The van der Waals surface area contributed by atoms with Crippen LogP contribution in [0.25, 0.3) is 44.3 Å². The Morgan fingerprint density at radius 2 is 1.66 bits per heavy atom. The van der Waals surface area contributed by atoms with Gasteiger partial charge in [0.05, 0.1) is 22.5 Å². The third-order valence-electron chi connectivity index (χ3n) is 8.12. The first-order valence-electron chi connectivity index (χ1n) is 13.4. The van der Waals surface area contributed by atoms with Crippen molar-refractivity contribution in [3.05, 3.63) is 88.3 Å². The molecule has 0 unspecified atom stereocenters. The Balaban J connectivity index is 1.29. The number of carboxylic acids is 1. The third kappa shape index (κ3) is 5.16. The molecule has 1 aliphatic rings. The van der Waals surface area contributed by atoms with E-state index in [1.165, 1.54) is 24.0 Å². The highest BCUT2D eigenvalue weighted by Crippen LogP contribution is 2.31. The monoisotopic (exact) mass is 570 g/mol. The zero-order chi connectivity index (χ0) is 28.9. The second-order valence-electron chi connectivity index (χ2n) is 10.8. The van der Waals surface area contributed by atoms with Crippen molar-refractivity contribution in [1.29, 1.82) is 0 Å². The van der Waals surface area contributed by atoms with Gasteiger partial charge in [-0.05, 0) is 66.9 Å². The molecular weight excluding hydrogens is 540 g/mol. The van der Waals surface area contributed by atoms with Crippen LogP contribution in [0.2, 0.25) is 0 Å². The molecule has 210 valence electrons. The van der Waals surface area contributed by atoms with Crippen LogP contribution in [0.15, 0.2) is 71.7 Å². The van der Waals surface area contributed by atoms with E-state index in [2.05, 4.69) is 39.1 Å². The second kappa shape index (κ2) is 10.3. The van der Waals surface area contributed by atoms with Crippen molar-refractivity contribution in [3.8, 4) is 22.4 Å². The number of carbonyl (C=O) groups is 1. The first-order valence-corrected chi connectivity index (χ1v) is 15.4. The van der Waals surface area contributed by atoms with Gasteiger partial charge in [0.25, 0.3) is 5.56 Å². The first-order chi connectivity index (χ1) is 19.6. The number of piperidine rings is 1. The summed E-state index contributed by atoms with van der Waals surface area (Å²) in [5, 5.41) is 10.7. The van der Waals surface area contributed by atoms with Crippen LogP contribution in [-0.2, 0) is 23.4 Å². The number of nitrogens with zero attached hydrogens (tertiary/aromatic N) is 3. The summed E-state index contributed by atoms with van der Waals surface area (Å²) in [7, 11) is -1.27. The number of fused-ring (bicyclic) bond motifs is 3. The summed E-state index contributed by atoms with van der Waals surface area (Å²) in [4.78, 5) is 34.7. The first kappa shape index (κ1) is 26.9. The molecule has 9 nitrogen and oxygen atoms in total. The number of H-pyrrole nitrogens is 1. The molecule has 0 radical (unpaired) electrons. The van der Waals surface area contributed by atoms with Gasteiger partial charge in [-0.3, -0.25) is 9.69 Å². The van der Waals surface area contributed by atoms with E-state index in [1.807, 2.05) is 12.1 Å². The van der Waals surface area contributed by atoms with Crippen LogP contribution in [0.4, 0.5) is 0 Å². The van der Waals surface area contributed by atoms with Gasteiger partial charge >= 0.3 is 5.97 Å². The molecule has 3 aromatic heterocycles. The smallest absolute Gasteiger partial charge is 0.335 e. The lowest BCUT2D eigenvalue weighted by Gasteiger charge is -2.31. The fraction of sp³-hybridized carbons (Fsp3) is 0.258. The lowest BCUT2D eigenvalue weighted by atomic mass is 10.0. The minimum absolute atomic E-state index is 0.163. The van der Waals surface area contributed by atoms with Gasteiger partial charge in [0.1, 0.15) is 15.5 Å². The van der Waals surface area contributed by atoms with Gasteiger partial charge in [-0.25, -0.2) is 18.2 Å². The molecule has 1 saturated heterocycles. The molecule has 2 aromatic carbocycles. The zero-order valence-electron chi connectivity index (χ0n) is 22.8. The van der Waals surface area contributed by atoms with Gasteiger partial charge in [0.2, 0.25) is 0 Å². The molecular formula is C31H30N4O5S. The highest BCUT2D eigenvalue weighted by Gasteiger charge is 2.26. The second-order valence-corrected chi connectivity index (χ2v) is 13.1. The van der Waals surface area contributed by atoms with Gasteiger partial charge in [0.15, 0.2) is 0 Å². The molecule has 5 aromatic rings. The Labute approximate surface area is 237 Å². The number of benzene rings is 2. The maximum atomic E-state index is 13.2. The number of likely N-dealkylation sites (tertiary alicyclic amines) is 1. The van der Waals surface area contributed by atoms with Gasteiger partial charge in [-0.15, -0.1) is 0 Å². The number of aromatic amines is 1. The standard InChI is InChI=1S/C31H30N4O5S/c1-34-28-17-32-29-26(25(28)15-24(30(34)36)20-7-9-22(10-8-20)31(37)38)16-27(33-29)21-5-3-19(4-6-21)18-35-13-11-23(12-14-35)41(2,39)40/h3-10,15-17,23H,11-14,18H2,1-2H3,(H,32,33)(H,37,38). The van der Waals surface area contributed by atoms with Crippen molar-refractivity contribution in [1.82, 2.24) is 19.4 Å². The Bertz CT molecular complexity index is 1950. The number of aromatic carboxylic acids is 1. The van der Waals surface area contributed by atoms with Crippen LogP contribution < -0.4 is 5.56 Å². The van der Waals surface area contributed by atoms with E-state index in [-0.39, 0.29) is 16.4 Å². The van der Waals surface area contributed by atoms with Crippen LogP contribution in [0.3, 0.4) is 0 Å². The van der Waals surface area contributed by atoms with Crippen molar-refractivity contribution in [2.75, 3.05) is 19.3 Å². The highest BCUT2D eigenvalue weighted by molar-refractivity contribution is 7.91. The molecule has 0 spiro atoms. The maximum Gasteiger partial charge on any atom is 0.335 e. The Hall–Kier alpha value is -4.28. The summed E-state index contributed by atoms with van der Waals surface area (Å²) < 4.78 is 25.3. The molecule has 2 N–H and O–H groups in total. The molecule has 10 heteroatoms. The van der Waals surface area contributed by atoms with E-state index in [9.17, 15) is 23.1 Å². The SMILES string of the molecule is Cn1c(=O)c(-c2ccc(C(=O)O)cc2)cc2c3cc(-c4ccc(CN5CCC(S(C)(=O)=O)CC5)cc4)[nH]c3ncc21. The molecule has 0 atom stereocenters. The molecule has 1 fully saturated rings. The lowest BCUT2D eigenvalue weighted by molar-refractivity contribution is 0.0697. The average Bonchev–Trinajstić information content (AvgIpc) is 3.40. The van der Waals surface area contributed by atoms with Crippen LogP contribution >= 0.6 is 0 Å². The molecule has 1 aliphatic heterocycles. The van der Waals surface area contributed by atoms with Crippen LogP contribution in [0, 0.1) is 0 Å². The van der Waals surface area contributed by atoms with Crippen LogP contribution in [0.5, 0.6) is 0 Å². The van der Waals surface area contributed by atoms with Crippen molar-refractivity contribution < 1.29 is 18.3 Å². The summed E-state index contributed by atoms with van der Waals surface area (Å²) in [5.74, 6) is -1.02. The van der Waals surface area contributed by atoms with E-state index < -0.39 is 15.8 Å². The van der Waals surface area contributed by atoms with E-state index >= 15 is 0 Å². The number of carboxylic acid groups (broad SMARTS) is 1. The normalized spacial score (nSPS) is 15.1. The van der Waals surface area contributed by atoms with Gasteiger partial charge in [-0.1, -0.05) is 36.4 Å². The molecule has 0 saturated carbocycles. The lowest BCUT2D eigenvalue weighted by Crippen LogP contribution is -2.38. The van der Waals surface area contributed by atoms with Gasteiger partial charge in [0, 0.05) is 41.9 Å². The van der Waals surface area contributed by atoms with Gasteiger partial charge in [-0.2, -0.15) is 0 Å². The summed E-state index contributed by atoms with van der Waals surface area (Å²) in [6.45, 7) is 2.32. The molecule has 41 heavy (non-hydrogen) atoms.